The Morgan fingerprint density at radius 1 is 1.28 bits per heavy atom. The third-order valence-corrected chi connectivity index (χ3v) is 3.26. The molecule has 1 aromatic carbocycles. The highest BCUT2D eigenvalue weighted by atomic mass is 16.5. The van der Waals surface area contributed by atoms with Crippen LogP contribution in [0.3, 0.4) is 0 Å². The molecule has 0 aliphatic carbocycles. The minimum absolute atomic E-state index is 0.126. The van der Waals surface area contributed by atoms with E-state index in [1.807, 2.05) is 29.2 Å². The van der Waals surface area contributed by atoms with Crippen LogP contribution in [0.5, 0.6) is 0 Å². The van der Waals surface area contributed by atoms with Crippen molar-refractivity contribution in [3.8, 4) is 0 Å². The van der Waals surface area contributed by atoms with Crippen molar-refractivity contribution in [1.29, 1.82) is 0 Å². The van der Waals surface area contributed by atoms with Gasteiger partial charge in [0.1, 0.15) is 6.04 Å². The Labute approximate surface area is 107 Å². The first-order valence-electron chi connectivity index (χ1n) is 6.31. The van der Waals surface area contributed by atoms with Gasteiger partial charge in [-0.1, -0.05) is 30.3 Å². The normalized spacial score (nSPS) is 21.7. The predicted molar refractivity (Wildman–Crippen MR) is 69.4 cm³/mol. The lowest BCUT2D eigenvalue weighted by Gasteiger charge is -2.31. The zero-order valence-electron chi connectivity index (χ0n) is 10.2. The predicted octanol–water partition coefficient (Wildman–Crippen LogP) is 1.46. The number of nitrogens with one attached hydrogen (secondary N) is 1. The maximum absolute atomic E-state index is 5.89. The van der Waals surface area contributed by atoms with Gasteiger partial charge in [0.2, 0.25) is 0 Å². The first-order chi connectivity index (χ1) is 8.95. The Morgan fingerprint density at radius 3 is 2.83 bits per heavy atom. The number of hydrogen-bond acceptors (Lipinski definition) is 3. The van der Waals surface area contributed by atoms with Crippen molar-refractivity contribution in [2.75, 3.05) is 19.7 Å². The second-order valence-corrected chi connectivity index (χ2v) is 4.45. The smallest absolute Gasteiger partial charge is 0.104 e. The van der Waals surface area contributed by atoms with Crippen molar-refractivity contribution < 1.29 is 4.74 Å². The lowest BCUT2D eigenvalue weighted by atomic mass is 10.0. The number of ether oxygens (including phenoxy) is 1. The van der Waals surface area contributed by atoms with Gasteiger partial charge < -0.3 is 10.1 Å². The van der Waals surface area contributed by atoms with Crippen molar-refractivity contribution in [1.82, 2.24) is 15.1 Å². The summed E-state index contributed by atoms with van der Waals surface area (Å²) in [5, 5.41) is 7.76. The number of rotatable bonds is 3. The van der Waals surface area contributed by atoms with Gasteiger partial charge in [0.25, 0.3) is 0 Å². The Morgan fingerprint density at radius 2 is 2.17 bits per heavy atom. The molecule has 0 spiro atoms. The van der Waals surface area contributed by atoms with Crippen LogP contribution in [0.25, 0.3) is 0 Å². The first-order valence-corrected chi connectivity index (χ1v) is 6.31. The summed E-state index contributed by atoms with van der Waals surface area (Å²) in [5.41, 5.74) is 1.23. The molecule has 1 unspecified atom stereocenters. The second-order valence-electron chi connectivity index (χ2n) is 4.45. The van der Waals surface area contributed by atoms with Crippen LogP contribution in [0.2, 0.25) is 0 Å². The van der Waals surface area contributed by atoms with E-state index in [9.17, 15) is 0 Å². The molecule has 1 aromatic heterocycles. The van der Waals surface area contributed by atoms with Crippen molar-refractivity contribution in [2.24, 2.45) is 0 Å². The fourth-order valence-corrected chi connectivity index (χ4v) is 2.42. The standard InChI is InChI=1S/C14H17N3O/c1-2-5-12(6-3-1)14(17-9-4-7-16-17)13-11-15-8-10-18-13/h1-7,9,13-15H,8,10-11H2/t13?,14-/m0/s1. The van der Waals surface area contributed by atoms with Crippen LogP contribution >= 0.6 is 0 Å². The molecule has 4 heteroatoms. The summed E-state index contributed by atoms with van der Waals surface area (Å²) in [6, 6.07) is 12.5. The largest absolute Gasteiger partial charge is 0.373 e. The molecule has 2 aromatic rings. The van der Waals surface area contributed by atoms with E-state index < -0.39 is 0 Å². The minimum atomic E-state index is 0.126. The summed E-state index contributed by atoms with van der Waals surface area (Å²) in [7, 11) is 0. The van der Waals surface area contributed by atoms with Crippen molar-refractivity contribution >= 4 is 0 Å². The molecule has 0 radical (unpaired) electrons. The molecular weight excluding hydrogens is 226 g/mol. The summed E-state index contributed by atoms with van der Waals surface area (Å²) in [5.74, 6) is 0. The van der Waals surface area contributed by atoms with Gasteiger partial charge in [0.15, 0.2) is 0 Å². The molecule has 2 atom stereocenters. The number of hydrogen-bond donors (Lipinski definition) is 1. The molecule has 1 aliphatic heterocycles. The van der Waals surface area contributed by atoms with Gasteiger partial charge in [0, 0.05) is 25.5 Å². The topological polar surface area (TPSA) is 39.1 Å². The average molecular weight is 243 g/mol. The van der Waals surface area contributed by atoms with Gasteiger partial charge in [-0.2, -0.15) is 5.10 Å². The van der Waals surface area contributed by atoms with Crippen molar-refractivity contribution in [3.63, 3.8) is 0 Å². The Kier molecular flexibility index (Phi) is 3.39. The summed E-state index contributed by atoms with van der Waals surface area (Å²) in [6.07, 6.45) is 3.93. The number of benzene rings is 1. The lowest BCUT2D eigenvalue weighted by molar-refractivity contribution is 0.00219. The Bertz CT molecular complexity index is 463. The monoisotopic (exact) mass is 243 g/mol. The Hall–Kier alpha value is -1.65. The number of aromatic nitrogens is 2. The van der Waals surface area contributed by atoms with Crippen LogP contribution < -0.4 is 5.32 Å². The van der Waals surface area contributed by atoms with Crippen LogP contribution in [0, 0.1) is 0 Å². The molecule has 0 amide bonds. The fourth-order valence-electron chi connectivity index (χ4n) is 2.42. The molecule has 1 N–H and O–H groups in total. The highest BCUT2D eigenvalue weighted by Gasteiger charge is 2.27. The van der Waals surface area contributed by atoms with Crippen LogP contribution in [0.1, 0.15) is 11.6 Å². The average Bonchev–Trinajstić information content (AvgIpc) is 2.95. The molecule has 3 rings (SSSR count). The van der Waals surface area contributed by atoms with Gasteiger partial charge in [-0.25, -0.2) is 0 Å². The van der Waals surface area contributed by atoms with Gasteiger partial charge in [-0.05, 0) is 11.6 Å². The lowest BCUT2D eigenvalue weighted by Crippen LogP contribution is -2.43. The van der Waals surface area contributed by atoms with Crippen LogP contribution in [-0.2, 0) is 4.74 Å². The zero-order chi connectivity index (χ0) is 12.2. The molecule has 2 heterocycles. The molecule has 0 bridgehead atoms. The molecule has 0 saturated carbocycles. The number of morpholine rings is 1. The minimum Gasteiger partial charge on any atom is -0.373 e. The van der Waals surface area contributed by atoms with E-state index >= 15 is 0 Å². The second kappa shape index (κ2) is 5.33. The van der Waals surface area contributed by atoms with E-state index in [1.54, 1.807) is 0 Å². The van der Waals surface area contributed by atoms with Crippen LogP contribution in [0.15, 0.2) is 48.8 Å². The van der Waals surface area contributed by atoms with E-state index in [2.05, 4.69) is 34.7 Å². The van der Waals surface area contributed by atoms with Crippen LogP contribution in [-0.4, -0.2) is 35.6 Å². The first kappa shape index (κ1) is 11.4. The van der Waals surface area contributed by atoms with E-state index in [0.29, 0.717) is 0 Å². The third-order valence-electron chi connectivity index (χ3n) is 3.26. The summed E-state index contributed by atoms with van der Waals surface area (Å²) < 4.78 is 7.87. The summed E-state index contributed by atoms with van der Waals surface area (Å²) in [4.78, 5) is 0. The summed E-state index contributed by atoms with van der Waals surface area (Å²) >= 11 is 0. The van der Waals surface area contributed by atoms with Gasteiger partial charge in [0.05, 0.1) is 12.7 Å². The van der Waals surface area contributed by atoms with Crippen LogP contribution in [0.4, 0.5) is 0 Å². The zero-order valence-corrected chi connectivity index (χ0v) is 10.2. The highest BCUT2D eigenvalue weighted by Crippen LogP contribution is 2.24. The molecule has 94 valence electrons. The van der Waals surface area contributed by atoms with E-state index in [4.69, 9.17) is 4.74 Å². The van der Waals surface area contributed by atoms with Gasteiger partial charge >= 0.3 is 0 Å². The molecule has 18 heavy (non-hydrogen) atoms. The van der Waals surface area contributed by atoms with Gasteiger partial charge in [-0.15, -0.1) is 0 Å². The maximum atomic E-state index is 5.89. The fraction of sp³-hybridized carbons (Fsp3) is 0.357. The molecular formula is C14H17N3O. The SMILES string of the molecule is c1ccc([C@@H](C2CNCCO2)n2cccn2)cc1. The molecule has 4 nitrogen and oxygen atoms in total. The Balaban J connectivity index is 1.93. The van der Waals surface area contributed by atoms with E-state index in [0.717, 1.165) is 19.7 Å². The maximum Gasteiger partial charge on any atom is 0.104 e. The molecule has 1 aliphatic rings. The third kappa shape index (κ3) is 2.30. The van der Waals surface area contributed by atoms with Crippen molar-refractivity contribution in [2.45, 2.75) is 12.1 Å². The highest BCUT2D eigenvalue weighted by molar-refractivity contribution is 5.21. The van der Waals surface area contributed by atoms with E-state index in [-0.39, 0.29) is 12.1 Å². The van der Waals surface area contributed by atoms with Gasteiger partial charge in [-0.3, -0.25) is 4.68 Å². The van der Waals surface area contributed by atoms with E-state index in [1.165, 1.54) is 5.56 Å². The van der Waals surface area contributed by atoms with Crippen molar-refractivity contribution in [3.05, 3.63) is 54.4 Å². The molecule has 1 fully saturated rings. The summed E-state index contributed by atoms with van der Waals surface area (Å²) in [6.45, 7) is 2.55. The quantitative estimate of drug-likeness (QED) is 0.887. The number of nitrogens with zero attached hydrogens (tertiary/aromatic N) is 2. The molecule has 1 saturated heterocycles.